The molecule has 2 atom stereocenters. The third-order valence-corrected chi connectivity index (χ3v) is 5.05. The van der Waals surface area contributed by atoms with Crippen LogP contribution in [0.3, 0.4) is 0 Å². The average Bonchev–Trinajstić information content (AvgIpc) is 2.77. The van der Waals surface area contributed by atoms with Crippen LogP contribution in [0, 0.1) is 0 Å². The summed E-state index contributed by atoms with van der Waals surface area (Å²) in [5.74, 6) is 0. The van der Waals surface area contributed by atoms with E-state index in [1.54, 1.807) is 54.6 Å². The van der Waals surface area contributed by atoms with Crippen LogP contribution < -0.4 is 16.4 Å². The van der Waals surface area contributed by atoms with E-state index in [2.05, 4.69) is 10.6 Å². The summed E-state index contributed by atoms with van der Waals surface area (Å²) in [6.07, 6.45) is -9.93. The second kappa shape index (κ2) is 9.80. The summed E-state index contributed by atoms with van der Waals surface area (Å²) in [4.78, 5) is 0. The van der Waals surface area contributed by atoms with Crippen LogP contribution in [0.4, 0.5) is 32.0 Å². The summed E-state index contributed by atoms with van der Waals surface area (Å²) in [7, 11) is 0. The highest BCUT2D eigenvalue weighted by Crippen LogP contribution is 2.37. The minimum Gasteiger partial charge on any atom is -0.354 e. The second-order valence-electron chi connectivity index (χ2n) is 7.22. The van der Waals surface area contributed by atoms with Gasteiger partial charge in [-0.15, -0.1) is 0 Å². The molecule has 0 amide bonds. The van der Waals surface area contributed by atoms with E-state index < -0.39 is 41.3 Å². The first-order chi connectivity index (χ1) is 15.4. The van der Waals surface area contributed by atoms with Gasteiger partial charge in [0.1, 0.15) is 0 Å². The van der Waals surface area contributed by atoms with E-state index in [-0.39, 0.29) is 11.2 Å². The first-order valence-electron chi connectivity index (χ1n) is 9.67. The Balaban J connectivity index is 1.89. The zero-order valence-corrected chi connectivity index (χ0v) is 17.7. The Morgan fingerprint density at radius 1 is 0.727 bits per heavy atom. The number of halogens is 6. The number of hydrogen-bond acceptors (Lipinski definition) is 2. The molecule has 3 aromatic rings. The molecule has 0 bridgehead atoms. The number of rotatable bonds is 5. The van der Waals surface area contributed by atoms with Crippen LogP contribution in [0.5, 0.6) is 0 Å². The van der Waals surface area contributed by atoms with Crippen molar-refractivity contribution in [1.82, 2.24) is 5.32 Å². The highest BCUT2D eigenvalue weighted by Gasteiger charge is 2.37. The van der Waals surface area contributed by atoms with Crippen molar-refractivity contribution in [2.45, 2.75) is 24.4 Å². The lowest BCUT2D eigenvalue weighted by Gasteiger charge is -2.27. The van der Waals surface area contributed by atoms with E-state index in [1.807, 2.05) is 6.07 Å². The zero-order chi connectivity index (χ0) is 24.2. The first kappa shape index (κ1) is 24.5. The standard InChI is InChI=1S/C23H19F6N3S/c24-22(25,26)16-11-17(23(27,28)29)13-18(12-16)31-21(33)32-20(15-9-5-2-6-10-15)19(30)14-7-3-1-4-8-14/h1-13,19-20H,30H2,(H2,31,32,33)/t19-,20-/m0/s1. The molecular weight excluding hydrogens is 464 g/mol. The van der Waals surface area contributed by atoms with Crippen LogP contribution in [-0.2, 0) is 12.4 Å². The minimum atomic E-state index is -4.96. The van der Waals surface area contributed by atoms with E-state index in [0.717, 1.165) is 11.1 Å². The quantitative estimate of drug-likeness (QED) is 0.288. The lowest BCUT2D eigenvalue weighted by molar-refractivity contribution is -0.143. The molecule has 0 unspecified atom stereocenters. The van der Waals surface area contributed by atoms with Gasteiger partial charge in [0.2, 0.25) is 0 Å². The Labute approximate surface area is 191 Å². The molecule has 0 fully saturated rings. The van der Waals surface area contributed by atoms with E-state index in [4.69, 9.17) is 18.0 Å². The topological polar surface area (TPSA) is 50.1 Å². The summed E-state index contributed by atoms with van der Waals surface area (Å²) < 4.78 is 78.8. The first-order valence-corrected chi connectivity index (χ1v) is 10.1. The molecule has 0 saturated carbocycles. The number of nitrogens with one attached hydrogen (secondary N) is 2. The zero-order valence-electron chi connectivity index (χ0n) is 16.9. The maximum atomic E-state index is 13.1. The average molecular weight is 483 g/mol. The van der Waals surface area contributed by atoms with E-state index in [1.165, 1.54) is 0 Å². The summed E-state index contributed by atoms with van der Waals surface area (Å²) in [5, 5.41) is 5.19. The van der Waals surface area contributed by atoms with Gasteiger partial charge in [0.25, 0.3) is 0 Å². The fourth-order valence-corrected chi connectivity index (χ4v) is 3.49. The second-order valence-corrected chi connectivity index (χ2v) is 7.63. The smallest absolute Gasteiger partial charge is 0.354 e. The number of nitrogens with two attached hydrogens (primary N) is 1. The van der Waals surface area contributed by atoms with Crippen LogP contribution in [0.25, 0.3) is 0 Å². The molecule has 0 aliphatic carbocycles. The molecule has 3 nitrogen and oxygen atoms in total. The van der Waals surface area contributed by atoms with Crippen molar-refractivity contribution in [3.05, 3.63) is 101 Å². The molecule has 0 aliphatic heterocycles. The maximum Gasteiger partial charge on any atom is 0.416 e. The predicted molar refractivity (Wildman–Crippen MR) is 118 cm³/mol. The number of alkyl halides is 6. The molecule has 0 aliphatic rings. The molecular formula is C23H19F6N3S. The fraction of sp³-hybridized carbons (Fsp3) is 0.174. The SMILES string of the molecule is N[C@@H](c1ccccc1)[C@@H](NC(=S)Nc1cc(C(F)(F)F)cc(C(F)(F)F)c1)c1ccccc1. The monoisotopic (exact) mass is 483 g/mol. The van der Waals surface area contributed by atoms with Crippen molar-refractivity contribution in [1.29, 1.82) is 0 Å². The Kier molecular flexibility index (Phi) is 7.28. The van der Waals surface area contributed by atoms with Gasteiger partial charge in [-0.05, 0) is 41.5 Å². The molecule has 0 spiro atoms. The molecule has 33 heavy (non-hydrogen) atoms. The number of thiocarbonyl (C=S) groups is 1. The minimum absolute atomic E-state index is 0.0553. The lowest BCUT2D eigenvalue weighted by Crippen LogP contribution is -2.38. The Bertz CT molecular complexity index is 1050. The molecule has 174 valence electrons. The number of hydrogen-bond donors (Lipinski definition) is 3. The van der Waals surface area contributed by atoms with Crippen molar-refractivity contribution in [2.75, 3.05) is 5.32 Å². The van der Waals surface area contributed by atoms with Crippen LogP contribution in [-0.4, -0.2) is 5.11 Å². The van der Waals surface area contributed by atoms with Gasteiger partial charge < -0.3 is 16.4 Å². The molecule has 0 saturated heterocycles. The van der Waals surface area contributed by atoms with E-state index in [9.17, 15) is 26.3 Å². The normalized spacial score (nSPS) is 13.8. The van der Waals surface area contributed by atoms with Gasteiger partial charge in [0, 0.05) is 5.69 Å². The molecule has 3 aromatic carbocycles. The largest absolute Gasteiger partial charge is 0.416 e. The lowest BCUT2D eigenvalue weighted by atomic mass is 9.94. The molecule has 4 N–H and O–H groups in total. The summed E-state index contributed by atoms with van der Waals surface area (Å²) >= 11 is 5.21. The number of anilines is 1. The maximum absolute atomic E-state index is 13.1. The van der Waals surface area contributed by atoms with Crippen LogP contribution >= 0.6 is 12.2 Å². The van der Waals surface area contributed by atoms with Gasteiger partial charge in [-0.3, -0.25) is 0 Å². The highest BCUT2D eigenvalue weighted by molar-refractivity contribution is 7.80. The predicted octanol–water partition coefficient (Wildman–Crippen LogP) is 6.45. The van der Waals surface area contributed by atoms with Gasteiger partial charge >= 0.3 is 12.4 Å². The van der Waals surface area contributed by atoms with Crippen molar-refractivity contribution in [3.8, 4) is 0 Å². The fourth-order valence-electron chi connectivity index (χ4n) is 3.24. The Hall–Kier alpha value is -3.11. The van der Waals surface area contributed by atoms with Crippen molar-refractivity contribution >= 4 is 23.0 Å². The summed E-state index contributed by atoms with van der Waals surface area (Å²) in [5.41, 5.74) is 4.59. The third kappa shape index (κ3) is 6.45. The van der Waals surface area contributed by atoms with E-state index >= 15 is 0 Å². The van der Waals surface area contributed by atoms with Crippen molar-refractivity contribution in [2.24, 2.45) is 5.73 Å². The molecule has 10 heteroatoms. The van der Waals surface area contributed by atoms with Crippen LogP contribution in [0.2, 0.25) is 0 Å². The molecule has 3 rings (SSSR count). The van der Waals surface area contributed by atoms with Crippen LogP contribution in [0.1, 0.15) is 34.3 Å². The van der Waals surface area contributed by atoms with Gasteiger partial charge in [-0.2, -0.15) is 26.3 Å². The van der Waals surface area contributed by atoms with Gasteiger partial charge in [0.05, 0.1) is 23.2 Å². The van der Waals surface area contributed by atoms with Gasteiger partial charge in [-0.25, -0.2) is 0 Å². The molecule has 0 heterocycles. The molecule has 0 radical (unpaired) electrons. The van der Waals surface area contributed by atoms with Crippen LogP contribution in [0.15, 0.2) is 78.9 Å². The van der Waals surface area contributed by atoms with Crippen molar-refractivity contribution < 1.29 is 26.3 Å². The summed E-state index contributed by atoms with van der Waals surface area (Å²) in [6, 6.07) is 17.9. The van der Waals surface area contributed by atoms with Gasteiger partial charge in [0.15, 0.2) is 5.11 Å². The van der Waals surface area contributed by atoms with Crippen molar-refractivity contribution in [3.63, 3.8) is 0 Å². The Morgan fingerprint density at radius 3 is 1.64 bits per heavy atom. The highest BCUT2D eigenvalue weighted by atomic mass is 32.1. The van der Waals surface area contributed by atoms with Gasteiger partial charge in [-0.1, -0.05) is 60.7 Å². The molecule has 0 aromatic heterocycles. The van der Waals surface area contributed by atoms with E-state index in [0.29, 0.717) is 12.1 Å². The number of benzene rings is 3. The third-order valence-electron chi connectivity index (χ3n) is 4.83. The Morgan fingerprint density at radius 2 is 1.18 bits per heavy atom. The summed E-state index contributed by atoms with van der Waals surface area (Å²) in [6.45, 7) is 0.